The molecule has 0 bridgehead atoms. The minimum atomic E-state index is -1.23. The summed E-state index contributed by atoms with van der Waals surface area (Å²) in [5.74, 6) is -2.05. The number of halogens is 1. The van der Waals surface area contributed by atoms with Gasteiger partial charge in [-0.3, -0.25) is 0 Å². The predicted molar refractivity (Wildman–Crippen MR) is 94.9 cm³/mol. The number of carboxylic acid groups (broad SMARTS) is 1. The SMILES string of the molecule is O=C(O)c1cc(F)c(OCc2ccccc2)c(OCc2ccccc2)c1. The molecule has 1 N–H and O–H groups in total. The number of hydrogen-bond donors (Lipinski definition) is 1. The van der Waals surface area contributed by atoms with Gasteiger partial charge in [0.15, 0.2) is 17.3 Å². The first-order valence-corrected chi connectivity index (χ1v) is 8.04. The van der Waals surface area contributed by atoms with Crippen LogP contribution in [-0.4, -0.2) is 11.1 Å². The summed E-state index contributed by atoms with van der Waals surface area (Å²) in [4.78, 5) is 11.2. The number of benzene rings is 3. The van der Waals surface area contributed by atoms with E-state index in [0.29, 0.717) is 0 Å². The Morgan fingerprint density at radius 1 is 0.846 bits per heavy atom. The molecule has 0 spiro atoms. The minimum absolute atomic E-state index is 0.0576. The van der Waals surface area contributed by atoms with Crippen LogP contribution in [0.3, 0.4) is 0 Å². The maximum absolute atomic E-state index is 14.4. The molecule has 3 rings (SSSR count). The van der Waals surface area contributed by atoms with E-state index in [4.69, 9.17) is 14.6 Å². The molecule has 0 aliphatic heterocycles. The summed E-state index contributed by atoms with van der Waals surface area (Å²) in [7, 11) is 0. The normalized spacial score (nSPS) is 10.3. The first-order valence-electron chi connectivity index (χ1n) is 8.04. The standard InChI is InChI=1S/C21H17FO4/c22-18-11-17(21(23)24)12-19(25-13-15-7-3-1-4-8-15)20(18)26-14-16-9-5-2-6-10-16/h1-12H,13-14H2,(H,23,24). The molecule has 3 aromatic carbocycles. The Kier molecular flexibility index (Phi) is 5.49. The zero-order valence-corrected chi connectivity index (χ0v) is 13.9. The summed E-state index contributed by atoms with van der Waals surface area (Å²) in [5.41, 5.74) is 1.54. The first kappa shape index (κ1) is 17.5. The molecule has 0 saturated carbocycles. The van der Waals surface area contributed by atoms with Crippen LogP contribution in [0.1, 0.15) is 21.5 Å². The lowest BCUT2D eigenvalue weighted by atomic mass is 10.2. The molecule has 0 aliphatic rings. The van der Waals surface area contributed by atoms with Crippen molar-refractivity contribution in [3.63, 3.8) is 0 Å². The summed E-state index contributed by atoms with van der Waals surface area (Å²) in [5, 5.41) is 9.15. The fourth-order valence-corrected chi connectivity index (χ4v) is 2.40. The Hall–Kier alpha value is -3.34. The molecule has 0 atom stereocenters. The summed E-state index contributed by atoms with van der Waals surface area (Å²) in [6.07, 6.45) is 0. The van der Waals surface area contributed by atoms with E-state index >= 15 is 0 Å². The molecule has 0 radical (unpaired) electrons. The third-order valence-corrected chi connectivity index (χ3v) is 3.72. The van der Waals surface area contributed by atoms with Gasteiger partial charge in [0, 0.05) is 0 Å². The van der Waals surface area contributed by atoms with Crippen molar-refractivity contribution in [3.05, 3.63) is 95.3 Å². The van der Waals surface area contributed by atoms with E-state index in [9.17, 15) is 9.18 Å². The number of carbonyl (C=O) groups is 1. The molecule has 0 unspecified atom stereocenters. The van der Waals surface area contributed by atoms with E-state index in [2.05, 4.69) is 0 Å². The van der Waals surface area contributed by atoms with Crippen molar-refractivity contribution in [3.8, 4) is 11.5 Å². The number of rotatable bonds is 7. The Labute approximate surface area is 150 Å². The van der Waals surface area contributed by atoms with E-state index in [1.165, 1.54) is 6.07 Å². The smallest absolute Gasteiger partial charge is 0.335 e. The Balaban J connectivity index is 1.84. The molecule has 26 heavy (non-hydrogen) atoms. The zero-order valence-electron chi connectivity index (χ0n) is 13.9. The van der Waals surface area contributed by atoms with E-state index in [0.717, 1.165) is 17.2 Å². The summed E-state index contributed by atoms with van der Waals surface area (Å²) < 4.78 is 25.7. The van der Waals surface area contributed by atoms with Crippen LogP contribution in [-0.2, 0) is 13.2 Å². The van der Waals surface area contributed by atoms with Crippen molar-refractivity contribution in [2.24, 2.45) is 0 Å². The molecule has 0 amide bonds. The van der Waals surface area contributed by atoms with E-state index in [1.54, 1.807) is 0 Å². The van der Waals surface area contributed by atoms with Crippen molar-refractivity contribution in [2.75, 3.05) is 0 Å². The van der Waals surface area contributed by atoms with Crippen LogP contribution in [0.4, 0.5) is 4.39 Å². The summed E-state index contributed by atoms with van der Waals surface area (Å²) in [6.45, 7) is 0.316. The highest BCUT2D eigenvalue weighted by Gasteiger charge is 2.17. The van der Waals surface area contributed by atoms with Crippen molar-refractivity contribution in [2.45, 2.75) is 13.2 Å². The number of carboxylic acids is 1. The van der Waals surface area contributed by atoms with Crippen LogP contribution in [0.25, 0.3) is 0 Å². The van der Waals surface area contributed by atoms with E-state index < -0.39 is 11.8 Å². The van der Waals surface area contributed by atoms with Gasteiger partial charge in [-0.2, -0.15) is 0 Å². The van der Waals surface area contributed by atoms with Crippen molar-refractivity contribution in [1.29, 1.82) is 0 Å². The monoisotopic (exact) mass is 352 g/mol. The second-order valence-corrected chi connectivity index (χ2v) is 5.64. The highest BCUT2D eigenvalue weighted by atomic mass is 19.1. The van der Waals surface area contributed by atoms with Crippen LogP contribution in [0, 0.1) is 5.82 Å². The molecular formula is C21H17FO4. The molecule has 0 aromatic heterocycles. The van der Waals surface area contributed by atoms with Gasteiger partial charge < -0.3 is 14.6 Å². The van der Waals surface area contributed by atoms with Gasteiger partial charge in [0.1, 0.15) is 13.2 Å². The average Bonchev–Trinajstić information content (AvgIpc) is 2.66. The first-order chi connectivity index (χ1) is 12.6. The van der Waals surface area contributed by atoms with Crippen molar-refractivity contribution < 1.29 is 23.8 Å². The third-order valence-electron chi connectivity index (χ3n) is 3.72. The van der Waals surface area contributed by atoms with Crippen LogP contribution in [0.15, 0.2) is 72.8 Å². The predicted octanol–water partition coefficient (Wildman–Crippen LogP) is 4.68. The molecule has 4 nitrogen and oxygen atoms in total. The fourth-order valence-electron chi connectivity index (χ4n) is 2.40. The average molecular weight is 352 g/mol. The molecule has 0 saturated heterocycles. The van der Waals surface area contributed by atoms with Gasteiger partial charge in [-0.05, 0) is 23.3 Å². The molecule has 0 fully saturated rings. The summed E-state index contributed by atoms with van der Waals surface area (Å²) in [6, 6.07) is 20.8. The topological polar surface area (TPSA) is 55.8 Å². The van der Waals surface area contributed by atoms with Gasteiger partial charge in [0.25, 0.3) is 0 Å². The van der Waals surface area contributed by atoms with Gasteiger partial charge in [-0.25, -0.2) is 9.18 Å². The van der Waals surface area contributed by atoms with Crippen LogP contribution in [0.5, 0.6) is 11.5 Å². The highest BCUT2D eigenvalue weighted by Crippen LogP contribution is 2.33. The largest absolute Gasteiger partial charge is 0.485 e. The van der Waals surface area contributed by atoms with E-state index in [-0.39, 0.29) is 30.3 Å². The van der Waals surface area contributed by atoms with Gasteiger partial charge in [0.05, 0.1) is 5.56 Å². The highest BCUT2D eigenvalue weighted by molar-refractivity contribution is 5.88. The van der Waals surface area contributed by atoms with Crippen molar-refractivity contribution >= 4 is 5.97 Å². The van der Waals surface area contributed by atoms with Crippen LogP contribution < -0.4 is 9.47 Å². The molecule has 3 aromatic rings. The third kappa shape index (κ3) is 4.39. The Morgan fingerprint density at radius 2 is 1.38 bits per heavy atom. The quantitative estimate of drug-likeness (QED) is 0.671. The fraction of sp³-hybridized carbons (Fsp3) is 0.0952. The van der Waals surface area contributed by atoms with Gasteiger partial charge in [-0.1, -0.05) is 60.7 Å². The maximum atomic E-state index is 14.4. The molecule has 5 heteroatoms. The van der Waals surface area contributed by atoms with Crippen LogP contribution >= 0.6 is 0 Å². The lowest BCUT2D eigenvalue weighted by Gasteiger charge is -2.14. The van der Waals surface area contributed by atoms with Crippen molar-refractivity contribution in [1.82, 2.24) is 0 Å². The summed E-state index contributed by atoms with van der Waals surface area (Å²) >= 11 is 0. The van der Waals surface area contributed by atoms with Crippen LogP contribution in [0.2, 0.25) is 0 Å². The second-order valence-electron chi connectivity index (χ2n) is 5.64. The number of hydrogen-bond acceptors (Lipinski definition) is 3. The lowest BCUT2D eigenvalue weighted by molar-refractivity contribution is 0.0695. The second kappa shape index (κ2) is 8.16. The molecule has 0 heterocycles. The lowest BCUT2D eigenvalue weighted by Crippen LogP contribution is -2.05. The number of aromatic carboxylic acids is 1. The maximum Gasteiger partial charge on any atom is 0.335 e. The molecule has 132 valence electrons. The van der Waals surface area contributed by atoms with Gasteiger partial charge >= 0.3 is 5.97 Å². The molecule has 0 aliphatic carbocycles. The van der Waals surface area contributed by atoms with Gasteiger partial charge in [0.2, 0.25) is 0 Å². The molecular weight excluding hydrogens is 335 g/mol. The zero-order chi connectivity index (χ0) is 18.4. The number of ether oxygens (including phenoxy) is 2. The minimum Gasteiger partial charge on any atom is -0.485 e. The Bertz CT molecular complexity index is 879. The Morgan fingerprint density at radius 3 is 1.92 bits per heavy atom. The van der Waals surface area contributed by atoms with E-state index in [1.807, 2.05) is 60.7 Å². The van der Waals surface area contributed by atoms with Gasteiger partial charge in [-0.15, -0.1) is 0 Å².